The molecule has 1 unspecified atom stereocenters. The molecule has 4 rings (SSSR count). The molecule has 1 aliphatic rings. The average molecular weight is 453 g/mol. The first-order valence-electron chi connectivity index (χ1n) is 10.2. The average Bonchev–Trinajstić information content (AvgIpc) is 3.36. The highest BCUT2D eigenvalue weighted by Gasteiger charge is 2.33. The van der Waals surface area contributed by atoms with Gasteiger partial charge in [0.1, 0.15) is 6.04 Å². The molecular weight excluding hydrogens is 428 g/mol. The number of benzene rings is 1. The fraction of sp³-hybridized carbons (Fsp3) is 0.292. The Hall–Kier alpha value is -2.77. The zero-order valence-electron chi connectivity index (χ0n) is 17.9. The molecule has 0 N–H and O–H groups in total. The summed E-state index contributed by atoms with van der Waals surface area (Å²) in [7, 11) is 0. The second-order valence-electron chi connectivity index (χ2n) is 7.64. The van der Waals surface area contributed by atoms with E-state index in [0.717, 1.165) is 10.4 Å². The van der Waals surface area contributed by atoms with Crippen molar-refractivity contribution in [1.82, 2.24) is 4.57 Å². The molecule has 31 heavy (non-hydrogen) atoms. The Kier molecular flexibility index (Phi) is 6.07. The zero-order chi connectivity index (χ0) is 22.1. The summed E-state index contributed by atoms with van der Waals surface area (Å²) in [6, 6.07) is 11.6. The topological polar surface area (TPSA) is 60.7 Å². The van der Waals surface area contributed by atoms with E-state index < -0.39 is 12.0 Å². The number of rotatable bonds is 5. The van der Waals surface area contributed by atoms with Crippen LogP contribution >= 0.6 is 22.7 Å². The third-order valence-electron chi connectivity index (χ3n) is 5.23. The Morgan fingerprint density at radius 3 is 2.61 bits per heavy atom. The molecule has 1 aromatic carbocycles. The summed E-state index contributed by atoms with van der Waals surface area (Å²) < 4.78 is 7.52. The molecule has 0 spiro atoms. The highest BCUT2D eigenvalue weighted by molar-refractivity contribution is 7.10. The molecule has 0 aliphatic carbocycles. The Morgan fingerprint density at radius 2 is 2.00 bits per heavy atom. The predicted molar refractivity (Wildman–Crippen MR) is 125 cm³/mol. The van der Waals surface area contributed by atoms with Gasteiger partial charge in [0.25, 0.3) is 5.56 Å². The SMILES string of the molecule is CCOC(=O)C1=C(C)N=c2s/c(=C/c3ccc(C(C)C)cc3)c(=O)n2C1c1cccs1. The summed E-state index contributed by atoms with van der Waals surface area (Å²) in [4.78, 5) is 32.3. The van der Waals surface area contributed by atoms with E-state index >= 15 is 0 Å². The number of carbonyl (C=O) groups is 1. The molecule has 0 saturated carbocycles. The molecule has 0 amide bonds. The molecule has 0 radical (unpaired) electrons. The second-order valence-corrected chi connectivity index (χ2v) is 9.63. The molecule has 2 aromatic heterocycles. The quantitative estimate of drug-likeness (QED) is 0.550. The summed E-state index contributed by atoms with van der Waals surface area (Å²) in [5.74, 6) is 0.0233. The van der Waals surface area contributed by atoms with Crippen molar-refractivity contribution in [3.63, 3.8) is 0 Å². The number of esters is 1. The summed E-state index contributed by atoms with van der Waals surface area (Å²) in [6.45, 7) is 8.15. The van der Waals surface area contributed by atoms with Gasteiger partial charge in [0.05, 0.1) is 22.4 Å². The maximum atomic E-state index is 13.4. The smallest absolute Gasteiger partial charge is 0.338 e. The number of thiophene rings is 1. The molecule has 0 bridgehead atoms. The van der Waals surface area contributed by atoms with Gasteiger partial charge in [-0.1, -0.05) is 55.5 Å². The van der Waals surface area contributed by atoms with E-state index in [1.54, 1.807) is 18.4 Å². The summed E-state index contributed by atoms with van der Waals surface area (Å²) in [5, 5.41) is 1.94. The van der Waals surface area contributed by atoms with E-state index in [0.29, 0.717) is 26.5 Å². The Balaban J connectivity index is 1.87. The van der Waals surface area contributed by atoms with Gasteiger partial charge in [-0.25, -0.2) is 9.79 Å². The van der Waals surface area contributed by atoms with Crippen molar-refractivity contribution < 1.29 is 9.53 Å². The Labute approximate surface area is 188 Å². The maximum Gasteiger partial charge on any atom is 0.338 e. The van der Waals surface area contributed by atoms with Crippen molar-refractivity contribution in [2.45, 2.75) is 39.7 Å². The summed E-state index contributed by atoms with van der Waals surface area (Å²) >= 11 is 2.86. The number of nitrogens with zero attached hydrogens (tertiary/aromatic N) is 2. The fourth-order valence-corrected chi connectivity index (χ4v) is 5.51. The van der Waals surface area contributed by atoms with Gasteiger partial charge < -0.3 is 4.74 Å². The highest BCUT2D eigenvalue weighted by atomic mass is 32.1. The Bertz CT molecular complexity index is 1310. The molecule has 0 saturated heterocycles. The van der Waals surface area contributed by atoms with Gasteiger partial charge in [-0.2, -0.15) is 0 Å². The van der Waals surface area contributed by atoms with E-state index in [4.69, 9.17) is 4.74 Å². The lowest BCUT2D eigenvalue weighted by molar-refractivity contribution is -0.139. The lowest BCUT2D eigenvalue weighted by Crippen LogP contribution is -2.39. The number of thiazole rings is 1. The molecule has 1 atom stereocenters. The van der Waals surface area contributed by atoms with Crippen molar-refractivity contribution in [1.29, 1.82) is 0 Å². The standard InChI is InChI=1S/C24H24N2O3S2/c1-5-29-23(28)20-15(4)25-24-26(21(20)18-7-6-12-30-18)22(27)19(31-24)13-16-8-10-17(11-9-16)14(2)3/h6-14,21H,5H2,1-4H3/b19-13+. The number of hydrogen-bond acceptors (Lipinski definition) is 6. The van der Waals surface area contributed by atoms with E-state index in [-0.39, 0.29) is 12.2 Å². The lowest BCUT2D eigenvalue weighted by atomic mass is 10.0. The van der Waals surface area contributed by atoms with E-state index in [9.17, 15) is 9.59 Å². The van der Waals surface area contributed by atoms with Gasteiger partial charge in [0.2, 0.25) is 0 Å². The molecule has 3 heterocycles. The van der Waals surface area contributed by atoms with Crippen molar-refractivity contribution in [2.24, 2.45) is 4.99 Å². The number of ether oxygens (including phenoxy) is 1. The predicted octanol–water partition coefficient (Wildman–Crippen LogP) is 3.98. The largest absolute Gasteiger partial charge is 0.463 e. The van der Waals surface area contributed by atoms with Crippen LogP contribution < -0.4 is 14.9 Å². The van der Waals surface area contributed by atoms with Crippen LogP contribution in [-0.2, 0) is 9.53 Å². The first kappa shape index (κ1) is 21.5. The van der Waals surface area contributed by atoms with E-state index in [1.165, 1.54) is 28.2 Å². The van der Waals surface area contributed by atoms with Crippen LogP contribution in [-0.4, -0.2) is 17.1 Å². The van der Waals surface area contributed by atoms with Gasteiger partial charge in [-0.15, -0.1) is 11.3 Å². The van der Waals surface area contributed by atoms with Crippen LogP contribution in [0, 0.1) is 0 Å². The van der Waals surface area contributed by atoms with E-state index in [1.807, 2.05) is 35.7 Å². The zero-order valence-corrected chi connectivity index (χ0v) is 19.5. The van der Waals surface area contributed by atoms with Crippen LogP contribution in [0.5, 0.6) is 0 Å². The number of aromatic nitrogens is 1. The number of allylic oxidation sites excluding steroid dienone is 1. The maximum absolute atomic E-state index is 13.4. The minimum Gasteiger partial charge on any atom is -0.463 e. The number of fused-ring (bicyclic) bond motifs is 1. The van der Waals surface area contributed by atoms with Crippen LogP contribution in [0.15, 0.2) is 62.8 Å². The van der Waals surface area contributed by atoms with Crippen LogP contribution in [0.3, 0.4) is 0 Å². The van der Waals surface area contributed by atoms with Crippen LogP contribution in [0.4, 0.5) is 0 Å². The van der Waals surface area contributed by atoms with Gasteiger partial charge in [-0.05, 0) is 48.4 Å². The first-order chi connectivity index (χ1) is 14.9. The molecule has 160 valence electrons. The van der Waals surface area contributed by atoms with Crippen LogP contribution in [0.2, 0.25) is 0 Å². The third kappa shape index (κ3) is 4.07. The Morgan fingerprint density at radius 1 is 1.26 bits per heavy atom. The molecule has 3 aromatic rings. The molecule has 1 aliphatic heterocycles. The van der Waals surface area contributed by atoms with Crippen LogP contribution in [0.1, 0.15) is 55.7 Å². The lowest BCUT2D eigenvalue weighted by Gasteiger charge is -2.23. The van der Waals surface area contributed by atoms with Gasteiger partial charge >= 0.3 is 5.97 Å². The second kappa shape index (κ2) is 8.77. The van der Waals surface area contributed by atoms with Gasteiger partial charge in [0, 0.05) is 4.88 Å². The third-order valence-corrected chi connectivity index (χ3v) is 7.14. The normalized spacial score (nSPS) is 16.4. The molecular formula is C24H24N2O3S2. The molecule has 7 heteroatoms. The van der Waals surface area contributed by atoms with Crippen molar-refractivity contribution in [3.05, 3.63) is 88.7 Å². The molecule has 5 nitrogen and oxygen atoms in total. The van der Waals surface area contributed by atoms with Crippen molar-refractivity contribution >= 4 is 34.7 Å². The fourth-order valence-electron chi connectivity index (χ4n) is 3.64. The van der Waals surface area contributed by atoms with Crippen LogP contribution in [0.25, 0.3) is 6.08 Å². The minimum atomic E-state index is -0.527. The van der Waals surface area contributed by atoms with Gasteiger partial charge in [-0.3, -0.25) is 9.36 Å². The summed E-state index contributed by atoms with van der Waals surface area (Å²) in [5.41, 5.74) is 3.08. The number of hydrogen-bond donors (Lipinski definition) is 0. The highest BCUT2D eigenvalue weighted by Crippen LogP contribution is 2.33. The monoisotopic (exact) mass is 452 g/mol. The van der Waals surface area contributed by atoms with Crippen molar-refractivity contribution in [2.75, 3.05) is 6.61 Å². The van der Waals surface area contributed by atoms with Gasteiger partial charge in [0.15, 0.2) is 4.80 Å². The summed E-state index contributed by atoms with van der Waals surface area (Å²) in [6.07, 6.45) is 1.89. The number of carbonyl (C=O) groups excluding carboxylic acids is 1. The van der Waals surface area contributed by atoms with E-state index in [2.05, 4.69) is 31.0 Å². The molecule has 0 fully saturated rings. The minimum absolute atomic E-state index is 0.149. The first-order valence-corrected chi connectivity index (χ1v) is 11.9. The van der Waals surface area contributed by atoms with Crippen molar-refractivity contribution in [3.8, 4) is 0 Å².